The highest BCUT2D eigenvalue weighted by Crippen LogP contribution is 2.29. The summed E-state index contributed by atoms with van der Waals surface area (Å²) in [5.41, 5.74) is 1.10. The molecule has 1 heterocycles. The maximum atomic E-state index is 12.5. The van der Waals surface area contributed by atoms with Gasteiger partial charge in [0.1, 0.15) is 5.75 Å². The zero-order valence-corrected chi connectivity index (χ0v) is 13.3. The lowest BCUT2D eigenvalue weighted by Gasteiger charge is -2.32. The molecule has 1 aromatic carbocycles. The molecule has 0 bridgehead atoms. The Labute approximate surface area is 127 Å². The summed E-state index contributed by atoms with van der Waals surface area (Å²) in [4.78, 5) is 14.4. The maximum absolute atomic E-state index is 12.5. The molecule has 0 aromatic heterocycles. The molecule has 21 heavy (non-hydrogen) atoms. The third-order valence-electron chi connectivity index (χ3n) is 4.40. The monoisotopic (exact) mass is 290 g/mol. The molecule has 0 aliphatic carbocycles. The highest BCUT2D eigenvalue weighted by atomic mass is 16.5. The number of carbonyl (C=O) groups is 1. The van der Waals surface area contributed by atoms with Crippen molar-refractivity contribution in [2.45, 2.75) is 38.1 Å². The van der Waals surface area contributed by atoms with Crippen molar-refractivity contribution < 1.29 is 9.53 Å². The van der Waals surface area contributed by atoms with Crippen molar-refractivity contribution in [2.75, 3.05) is 27.2 Å². The van der Waals surface area contributed by atoms with Crippen LogP contribution in [-0.2, 0) is 4.79 Å². The van der Waals surface area contributed by atoms with Gasteiger partial charge in [0.25, 0.3) is 0 Å². The molecule has 2 rings (SSSR count). The number of hydrogen-bond acceptors (Lipinski definition) is 3. The average Bonchev–Trinajstić information content (AvgIpc) is 2.54. The van der Waals surface area contributed by atoms with E-state index in [1.165, 1.54) is 0 Å². The molecule has 116 valence electrons. The first-order chi connectivity index (χ1) is 10.1. The highest BCUT2D eigenvalue weighted by molar-refractivity contribution is 5.77. The fourth-order valence-electron chi connectivity index (χ4n) is 2.99. The largest absolute Gasteiger partial charge is 0.496 e. The Kier molecular flexibility index (Phi) is 5.62. The molecule has 1 saturated heterocycles. The lowest BCUT2D eigenvalue weighted by molar-refractivity contribution is -0.132. The van der Waals surface area contributed by atoms with Crippen molar-refractivity contribution in [3.8, 4) is 5.75 Å². The van der Waals surface area contributed by atoms with E-state index in [4.69, 9.17) is 4.74 Å². The van der Waals surface area contributed by atoms with E-state index in [0.717, 1.165) is 37.2 Å². The number of ether oxygens (including phenoxy) is 1. The molecule has 0 spiro atoms. The normalized spacial score (nSPS) is 17.3. The van der Waals surface area contributed by atoms with Crippen LogP contribution in [0.5, 0.6) is 5.75 Å². The molecule has 0 radical (unpaired) electrons. The Balaban J connectivity index is 1.97. The van der Waals surface area contributed by atoms with Crippen LogP contribution in [0.3, 0.4) is 0 Å². The lowest BCUT2D eigenvalue weighted by Crippen LogP contribution is -2.44. The molecule has 0 saturated carbocycles. The Morgan fingerprint density at radius 2 is 2.05 bits per heavy atom. The summed E-state index contributed by atoms with van der Waals surface area (Å²) in [7, 11) is 3.61. The van der Waals surface area contributed by atoms with Gasteiger partial charge in [-0.05, 0) is 43.5 Å². The summed E-state index contributed by atoms with van der Waals surface area (Å²) in [6, 6.07) is 8.32. The van der Waals surface area contributed by atoms with Gasteiger partial charge in [0.15, 0.2) is 0 Å². The minimum atomic E-state index is 0.165. The van der Waals surface area contributed by atoms with Crippen molar-refractivity contribution in [3.05, 3.63) is 29.8 Å². The molecule has 1 aliphatic heterocycles. The second kappa shape index (κ2) is 7.46. The second-order valence-electron chi connectivity index (χ2n) is 5.83. The molecule has 1 aromatic rings. The molecular weight excluding hydrogens is 264 g/mol. The first-order valence-electron chi connectivity index (χ1n) is 7.72. The predicted molar refractivity (Wildman–Crippen MR) is 84.7 cm³/mol. The van der Waals surface area contributed by atoms with Crippen LogP contribution in [0.25, 0.3) is 0 Å². The van der Waals surface area contributed by atoms with Crippen LogP contribution in [0.2, 0.25) is 0 Å². The average molecular weight is 290 g/mol. The summed E-state index contributed by atoms with van der Waals surface area (Å²) < 4.78 is 5.39. The van der Waals surface area contributed by atoms with E-state index < -0.39 is 0 Å². The van der Waals surface area contributed by atoms with Crippen LogP contribution in [0.15, 0.2) is 24.3 Å². The Morgan fingerprint density at radius 3 is 2.71 bits per heavy atom. The molecule has 1 unspecified atom stereocenters. The molecule has 1 fully saturated rings. The summed E-state index contributed by atoms with van der Waals surface area (Å²) in [5.74, 6) is 1.25. The first-order valence-corrected chi connectivity index (χ1v) is 7.72. The zero-order chi connectivity index (χ0) is 15.2. The van der Waals surface area contributed by atoms with E-state index in [2.05, 4.69) is 12.2 Å². The molecular formula is C17H26N2O2. The first kappa shape index (κ1) is 15.8. The Bertz CT molecular complexity index is 470. The smallest absolute Gasteiger partial charge is 0.223 e. The number of methoxy groups -OCH3 is 1. The predicted octanol–water partition coefficient (Wildman–Crippen LogP) is 2.40. The fourth-order valence-corrected chi connectivity index (χ4v) is 2.99. The van der Waals surface area contributed by atoms with Crippen LogP contribution in [0.1, 0.15) is 37.7 Å². The number of hydrogen-bond donors (Lipinski definition) is 1. The van der Waals surface area contributed by atoms with Crippen LogP contribution >= 0.6 is 0 Å². The standard InChI is InChI=1S/C17H26N2O2/c1-13(15-6-4-5-7-16(15)21-3)12-17(20)19(2)14-8-10-18-11-9-14/h4-7,13-14,18H,8-12H2,1-3H3. The second-order valence-corrected chi connectivity index (χ2v) is 5.83. The third-order valence-corrected chi connectivity index (χ3v) is 4.40. The van der Waals surface area contributed by atoms with Gasteiger partial charge in [0, 0.05) is 19.5 Å². The fraction of sp³-hybridized carbons (Fsp3) is 0.588. The van der Waals surface area contributed by atoms with Gasteiger partial charge in [0.05, 0.1) is 7.11 Å². The number of nitrogens with one attached hydrogen (secondary N) is 1. The molecule has 1 atom stereocenters. The summed E-state index contributed by atoms with van der Waals surface area (Å²) in [6.07, 6.45) is 2.62. The molecule has 1 amide bonds. The minimum Gasteiger partial charge on any atom is -0.496 e. The van der Waals surface area contributed by atoms with Crippen molar-refractivity contribution >= 4 is 5.91 Å². The summed E-state index contributed by atoms with van der Waals surface area (Å²) in [6.45, 7) is 4.10. The number of rotatable bonds is 5. The summed E-state index contributed by atoms with van der Waals surface area (Å²) in [5, 5.41) is 3.34. The van der Waals surface area contributed by atoms with E-state index >= 15 is 0 Å². The van der Waals surface area contributed by atoms with Gasteiger partial charge in [-0.2, -0.15) is 0 Å². The maximum Gasteiger partial charge on any atom is 0.223 e. The highest BCUT2D eigenvalue weighted by Gasteiger charge is 2.24. The topological polar surface area (TPSA) is 41.6 Å². The van der Waals surface area contributed by atoms with Gasteiger partial charge in [-0.25, -0.2) is 0 Å². The Morgan fingerprint density at radius 1 is 1.38 bits per heavy atom. The van der Waals surface area contributed by atoms with Crippen LogP contribution in [0, 0.1) is 0 Å². The third kappa shape index (κ3) is 3.97. The van der Waals surface area contributed by atoms with Crippen molar-refractivity contribution in [3.63, 3.8) is 0 Å². The summed E-state index contributed by atoms with van der Waals surface area (Å²) >= 11 is 0. The van der Waals surface area contributed by atoms with Crippen molar-refractivity contribution in [2.24, 2.45) is 0 Å². The minimum absolute atomic E-state index is 0.165. The van der Waals surface area contributed by atoms with Crippen LogP contribution in [0.4, 0.5) is 0 Å². The van der Waals surface area contributed by atoms with E-state index in [-0.39, 0.29) is 11.8 Å². The number of amides is 1. The Hall–Kier alpha value is -1.55. The van der Waals surface area contributed by atoms with Gasteiger partial charge in [0.2, 0.25) is 5.91 Å². The van der Waals surface area contributed by atoms with Crippen molar-refractivity contribution in [1.29, 1.82) is 0 Å². The van der Waals surface area contributed by atoms with Gasteiger partial charge >= 0.3 is 0 Å². The number of piperidine rings is 1. The van der Waals surface area contributed by atoms with Crippen LogP contribution in [-0.4, -0.2) is 44.1 Å². The number of benzene rings is 1. The molecule has 4 nitrogen and oxygen atoms in total. The number of carbonyl (C=O) groups excluding carboxylic acids is 1. The quantitative estimate of drug-likeness (QED) is 0.905. The molecule has 4 heteroatoms. The van der Waals surface area contributed by atoms with E-state index in [1.807, 2.05) is 36.2 Å². The van der Waals surface area contributed by atoms with Crippen molar-refractivity contribution in [1.82, 2.24) is 10.2 Å². The lowest BCUT2D eigenvalue weighted by atomic mass is 9.95. The van der Waals surface area contributed by atoms with E-state index in [1.54, 1.807) is 7.11 Å². The van der Waals surface area contributed by atoms with Gasteiger partial charge < -0.3 is 15.0 Å². The zero-order valence-electron chi connectivity index (χ0n) is 13.3. The van der Waals surface area contributed by atoms with Crippen LogP contribution < -0.4 is 10.1 Å². The number of nitrogens with zero attached hydrogens (tertiary/aromatic N) is 1. The SMILES string of the molecule is COc1ccccc1C(C)CC(=O)N(C)C1CCNCC1. The molecule has 1 aliphatic rings. The van der Waals surface area contributed by atoms with Gasteiger partial charge in [-0.15, -0.1) is 0 Å². The molecule has 1 N–H and O–H groups in total. The van der Waals surface area contributed by atoms with Gasteiger partial charge in [-0.3, -0.25) is 4.79 Å². The van der Waals surface area contributed by atoms with Gasteiger partial charge in [-0.1, -0.05) is 25.1 Å². The van der Waals surface area contributed by atoms with E-state index in [9.17, 15) is 4.79 Å². The number of para-hydroxylation sites is 1. The van der Waals surface area contributed by atoms with E-state index in [0.29, 0.717) is 12.5 Å².